The number of esters is 1. The van der Waals surface area contributed by atoms with Crippen LogP contribution in [-0.4, -0.2) is 24.3 Å². The van der Waals surface area contributed by atoms with Gasteiger partial charge < -0.3 is 9.84 Å². The van der Waals surface area contributed by atoms with Gasteiger partial charge in [0, 0.05) is 0 Å². The van der Waals surface area contributed by atoms with Crippen molar-refractivity contribution in [3.63, 3.8) is 0 Å². The second-order valence-electron chi connectivity index (χ2n) is 8.18. The number of carbonyl (C=O) groups excluding carboxylic acids is 1. The van der Waals surface area contributed by atoms with Crippen LogP contribution in [0.3, 0.4) is 0 Å². The molecule has 0 aliphatic carbocycles. The Balaban J connectivity index is 3.17. The van der Waals surface area contributed by atoms with Gasteiger partial charge in [0.05, 0.1) is 7.11 Å². The molecule has 1 unspecified atom stereocenters. The third kappa shape index (κ3) is 19.9. The fourth-order valence-electron chi connectivity index (χ4n) is 3.55. The number of methoxy groups -OCH3 is 1. The van der Waals surface area contributed by atoms with Gasteiger partial charge in [-0.25, -0.2) is 4.79 Å². The van der Waals surface area contributed by atoms with E-state index in [1.807, 2.05) is 0 Å². The highest BCUT2D eigenvalue weighted by molar-refractivity contribution is 5.74. The number of hydrogen-bond donors (Lipinski definition) is 1. The van der Waals surface area contributed by atoms with Gasteiger partial charge >= 0.3 is 5.97 Å². The molecule has 0 spiro atoms. The van der Waals surface area contributed by atoms with Crippen LogP contribution < -0.4 is 0 Å². The molecule has 0 aromatic rings. The van der Waals surface area contributed by atoms with Crippen LogP contribution in [0, 0.1) is 0 Å². The van der Waals surface area contributed by atoms with Gasteiger partial charge in [0.15, 0.2) is 6.10 Å². The maximum absolute atomic E-state index is 11.1. The number of ether oxygens (including phenoxy) is 1. The van der Waals surface area contributed by atoms with E-state index in [0.29, 0.717) is 6.42 Å². The molecule has 0 radical (unpaired) electrons. The fraction of sp³-hybridized carbons (Fsp3) is 0.880. The predicted octanol–water partition coefficient (Wildman–Crippen LogP) is 7.51. The Labute approximate surface area is 175 Å². The Hall–Kier alpha value is -0.830. The first-order valence-electron chi connectivity index (χ1n) is 12.1. The van der Waals surface area contributed by atoms with Crippen molar-refractivity contribution < 1.29 is 14.6 Å². The maximum atomic E-state index is 11.1. The summed E-state index contributed by atoms with van der Waals surface area (Å²) in [6.45, 7) is 2.28. The Kier molecular flexibility index (Phi) is 21.8. The van der Waals surface area contributed by atoms with E-state index in [1.54, 1.807) is 0 Å². The highest BCUT2D eigenvalue weighted by Gasteiger charge is 2.13. The lowest BCUT2D eigenvalue weighted by molar-refractivity contribution is -0.150. The monoisotopic (exact) mass is 396 g/mol. The van der Waals surface area contributed by atoms with E-state index >= 15 is 0 Å². The molecule has 0 aliphatic rings. The quantitative estimate of drug-likeness (QED) is 0.124. The summed E-state index contributed by atoms with van der Waals surface area (Å²) < 4.78 is 4.51. The van der Waals surface area contributed by atoms with E-state index in [1.165, 1.54) is 97.0 Å². The highest BCUT2D eigenvalue weighted by atomic mass is 16.5. The summed E-state index contributed by atoms with van der Waals surface area (Å²) in [5.74, 6) is -0.513. The summed E-state index contributed by atoms with van der Waals surface area (Å²) >= 11 is 0. The standard InChI is InChI=1S/C25H48O3/c1-3-4-5-6-7-8-9-10-11-12-13-14-15-16-17-18-19-20-21-22-23-24(26)25(27)28-2/h16-17,24,26H,3-15,18-23H2,1-2H3/b17-16+. The zero-order valence-electron chi connectivity index (χ0n) is 18.9. The fourth-order valence-corrected chi connectivity index (χ4v) is 3.55. The van der Waals surface area contributed by atoms with Crippen LogP contribution in [-0.2, 0) is 9.53 Å². The molecule has 0 saturated carbocycles. The van der Waals surface area contributed by atoms with Crippen LogP contribution in [0.25, 0.3) is 0 Å². The van der Waals surface area contributed by atoms with Gasteiger partial charge in [0.2, 0.25) is 0 Å². The third-order valence-corrected chi connectivity index (χ3v) is 5.46. The Morgan fingerprint density at radius 1 is 0.714 bits per heavy atom. The normalized spacial score (nSPS) is 12.5. The van der Waals surface area contributed by atoms with Gasteiger partial charge in [0.25, 0.3) is 0 Å². The molecule has 0 bridgehead atoms. The van der Waals surface area contributed by atoms with Crippen molar-refractivity contribution >= 4 is 5.97 Å². The Morgan fingerprint density at radius 3 is 1.54 bits per heavy atom. The lowest BCUT2D eigenvalue weighted by Crippen LogP contribution is -2.21. The van der Waals surface area contributed by atoms with Crippen LogP contribution in [0.15, 0.2) is 12.2 Å². The molecule has 0 aromatic carbocycles. The van der Waals surface area contributed by atoms with E-state index in [0.717, 1.165) is 25.7 Å². The molecule has 0 aromatic heterocycles. The Bertz CT molecular complexity index is 352. The molecule has 0 aliphatic heterocycles. The van der Waals surface area contributed by atoms with Crippen molar-refractivity contribution in [3.8, 4) is 0 Å². The predicted molar refractivity (Wildman–Crippen MR) is 121 cm³/mol. The molecule has 0 heterocycles. The number of rotatable bonds is 21. The second kappa shape index (κ2) is 22.5. The number of unbranched alkanes of at least 4 members (excludes halogenated alkanes) is 16. The molecule has 0 amide bonds. The van der Waals surface area contributed by atoms with E-state index in [-0.39, 0.29) is 0 Å². The zero-order valence-corrected chi connectivity index (χ0v) is 18.9. The van der Waals surface area contributed by atoms with Crippen molar-refractivity contribution in [3.05, 3.63) is 12.2 Å². The average molecular weight is 397 g/mol. The summed E-state index contributed by atoms with van der Waals surface area (Å²) in [5, 5.41) is 9.48. The first-order chi connectivity index (χ1) is 13.7. The Morgan fingerprint density at radius 2 is 1.11 bits per heavy atom. The number of aliphatic hydroxyl groups excluding tert-OH is 1. The number of allylic oxidation sites excluding steroid dienone is 2. The number of aliphatic hydroxyl groups is 1. The first kappa shape index (κ1) is 27.2. The lowest BCUT2D eigenvalue weighted by atomic mass is 10.0. The summed E-state index contributed by atoms with van der Waals surface area (Å²) in [5.41, 5.74) is 0. The van der Waals surface area contributed by atoms with Crippen molar-refractivity contribution in [2.45, 2.75) is 135 Å². The van der Waals surface area contributed by atoms with Crippen LogP contribution in [0.1, 0.15) is 129 Å². The van der Waals surface area contributed by atoms with Gasteiger partial charge in [-0.05, 0) is 32.1 Å². The van der Waals surface area contributed by atoms with E-state index in [9.17, 15) is 9.90 Å². The maximum Gasteiger partial charge on any atom is 0.334 e. The average Bonchev–Trinajstić information content (AvgIpc) is 2.71. The van der Waals surface area contributed by atoms with Crippen molar-refractivity contribution in [1.29, 1.82) is 0 Å². The van der Waals surface area contributed by atoms with Gasteiger partial charge in [-0.1, -0.05) is 109 Å². The zero-order chi connectivity index (χ0) is 20.7. The van der Waals surface area contributed by atoms with Gasteiger partial charge in [-0.2, -0.15) is 0 Å². The van der Waals surface area contributed by atoms with Crippen molar-refractivity contribution in [2.75, 3.05) is 7.11 Å². The summed E-state index contributed by atoms with van der Waals surface area (Å²) in [6.07, 6.45) is 27.9. The van der Waals surface area contributed by atoms with Crippen molar-refractivity contribution in [2.24, 2.45) is 0 Å². The van der Waals surface area contributed by atoms with Crippen LogP contribution in [0.2, 0.25) is 0 Å². The van der Waals surface area contributed by atoms with Crippen molar-refractivity contribution in [1.82, 2.24) is 0 Å². The SMILES string of the molecule is CCCCCCCCCCCCCC/C=C/CCCCCCC(O)C(=O)OC. The van der Waals surface area contributed by atoms with Gasteiger partial charge in [0.1, 0.15) is 0 Å². The van der Waals surface area contributed by atoms with Crippen LogP contribution in [0.4, 0.5) is 0 Å². The molecule has 1 N–H and O–H groups in total. The summed E-state index contributed by atoms with van der Waals surface area (Å²) in [7, 11) is 1.31. The highest BCUT2D eigenvalue weighted by Crippen LogP contribution is 2.13. The molecular formula is C25H48O3. The molecule has 3 heteroatoms. The van der Waals surface area contributed by atoms with Crippen LogP contribution in [0.5, 0.6) is 0 Å². The minimum atomic E-state index is -0.944. The minimum Gasteiger partial charge on any atom is -0.467 e. The van der Waals surface area contributed by atoms with Gasteiger partial charge in [-0.3, -0.25) is 0 Å². The lowest BCUT2D eigenvalue weighted by Gasteiger charge is -2.07. The van der Waals surface area contributed by atoms with Gasteiger partial charge in [-0.15, -0.1) is 0 Å². The first-order valence-corrected chi connectivity index (χ1v) is 12.1. The van der Waals surface area contributed by atoms with E-state index in [2.05, 4.69) is 23.8 Å². The molecule has 0 rings (SSSR count). The number of carbonyl (C=O) groups is 1. The second-order valence-corrected chi connectivity index (χ2v) is 8.18. The molecular weight excluding hydrogens is 348 g/mol. The smallest absolute Gasteiger partial charge is 0.334 e. The number of hydrogen-bond acceptors (Lipinski definition) is 3. The van der Waals surface area contributed by atoms with E-state index < -0.39 is 12.1 Å². The molecule has 0 saturated heterocycles. The summed E-state index contributed by atoms with van der Waals surface area (Å²) in [4.78, 5) is 11.1. The minimum absolute atomic E-state index is 0.513. The summed E-state index contributed by atoms with van der Waals surface area (Å²) in [6, 6.07) is 0. The molecule has 1 atom stereocenters. The largest absolute Gasteiger partial charge is 0.467 e. The van der Waals surface area contributed by atoms with E-state index in [4.69, 9.17) is 0 Å². The molecule has 3 nitrogen and oxygen atoms in total. The third-order valence-electron chi connectivity index (χ3n) is 5.46. The van der Waals surface area contributed by atoms with Crippen LogP contribution >= 0.6 is 0 Å². The molecule has 0 fully saturated rings. The topological polar surface area (TPSA) is 46.5 Å². The molecule has 166 valence electrons. The molecule has 28 heavy (non-hydrogen) atoms.